The molecule has 0 aromatic carbocycles. The minimum Gasteiger partial charge on any atom is -0.299 e. The molecule has 2 unspecified atom stereocenters. The van der Waals surface area contributed by atoms with Gasteiger partial charge in [-0.15, -0.1) is 0 Å². The number of Topliss-reactive ketones (excluding diaryl/α,β-unsaturated/α-hetero) is 1. The molecule has 0 aliphatic carbocycles. The largest absolute Gasteiger partial charge is 0.299 e. The van der Waals surface area contributed by atoms with Crippen LogP contribution in [0, 0.1) is 17.3 Å². The van der Waals surface area contributed by atoms with Crippen LogP contribution in [0.5, 0.6) is 0 Å². The van der Waals surface area contributed by atoms with Gasteiger partial charge < -0.3 is 0 Å². The summed E-state index contributed by atoms with van der Waals surface area (Å²) < 4.78 is 0. The fraction of sp³-hybridized carbons (Fsp3) is 0.917. The summed E-state index contributed by atoms with van der Waals surface area (Å²) in [6, 6.07) is 0. The van der Waals surface area contributed by atoms with E-state index in [1.165, 1.54) is 0 Å². The summed E-state index contributed by atoms with van der Waals surface area (Å²) in [7, 11) is 0. The predicted molar refractivity (Wildman–Crippen MR) is 57.7 cm³/mol. The molecular formula is C12H24O. The second-order valence-corrected chi connectivity index (χ2v) is 5.04. The Labute approximate surface area is 82.9 Å². The number of carbonyl (C=O) groups excluding carboxylic acids is 1. The maximum Gasteiger partial charge on any atom is 0.139 e. The van der Waals surface area contributed by atoms with Gasteiger partial charge >= 0.3 is 0 Å². The van der Waals surface area contributed by atoms with Crippen LogP contribution in [0.1, 0.15) is 54.4 Å². The van der Waals surface area contributed by atoms with E-state index in [0.29, 0.717) is 5.78 Å². The van der Waals surface area contributed by atoms with Crippen molar-refractivity contribution in [3.8, 4) is 0 Å². The van der Waals surface area contributed by atoms with Gasteiger partial charge in [-0.05, 0) is 18.3 Å². The maximum atomic E-state index is 12.0. The molecule has 0 amide bonds. The summed E-state index contributed by atoms with van der Waals surface area (Å²) in [5.74, 6) is 0.893. The number of carbonyl (C=O) groups is 1. The topological polar surface area (TPSA) is 17.1 Å². The van der Waals surface area contributed by atoms with Gasteiger partial charge in [0.15, 0.2) is 0 Å². The molecule has 2 atom stereocenters. The first-order valence-corrected chi connectivity index (χ1v) is 5.38. The second-order valence-electron chi connectivity index (χ2n) is 5.04. The van der Waals surface area contributed by atoms with E-state index in [1.54, 1.807) is 0 Å². The molecule has 0 saturated carbocycles. The molecule has 0 aromatic heterocycles. The zero-order valence-corrected chi connectivity index (χ0v) is 9.98. The van der Waals surface area contributed by atoms with Gasteiger partial charge in [0.05, 0.1) is 0 Å². The van der Waals surface area contributed by atoms with Crippen LogP contribution in [-0.4, -0.2) is 5.78 Å². The van der Waals surface area contributed by atoms with Gasteiger partial charge in [0.1, 0.15) is 5.78 Å². The van der Waals surface area contributed by atoms with Crippen LogP contribution < -0.4 is 0 Å². The molecule has 1 nitrogen and oxygen atoms in total. The average molecular weight is 184 g/mol. The van der Waals surface area contributed by atoms with Crippen molar-refractivity contribution in [3.63, 3.8) is 0 Å². The molecule has 0 spiro atoms. The normalized spacial score (nSPS) is 16.8. The Morgan fingerprint density at radius 2 is 1.62 bits per heavy atom. The zero-order valence-electron chi connectivity index (χ0n) is 9.98. The monoisotopic (exact) mass is 184 g/mol. The average Bonchev–Trinajstić information content (AvgIpc) is 2.01. The van der Waals surface area contributed by atoms with Gasteiger partial charge in [-0.2, -0.15) is 0 Å². The highest BCUT2D eigenvalue weighted by molar-refractivity contribution is 5.83. The van der Waals surface area contributed by atoms with Gasteiger partial charge in [-0.1, -0.05) is 41.5 Å². The van der Waals surface area contributed by atoms with E-state index in [2.05, 4.69) is 34.6 Å². The van der Waals surface area contributed by atoms with E-state index >= 15 is 0 Å². The quantitative estimate of drug-likeness (QED) is 0.651. The highest BCUT2D eigenvalue weighted by Gasteiger charge is 2.31. The minimum absolute atomic E-state index is 0.120. The van der Waals surface area contributed by atoms with Crippen LogP contribution >= 0.6 is 0 Å². The van der Waals surface area contributed by atoms with Gasteiger partial charge in [0, 0.05) is 11.8 Å². The van der Waals surface area contributed by atoms with Crippen molar-refractivity contribution < 1.29 is 4.79 Å². The molecule has 0 radical (unpaired) electrons. The molecule has 78 valence electrons. The van der Waals surface area contributed by atoms with Crippen molar-refractivity contribution in [2.45, 2.75) is 54.4 Å². The first-order chi connectivity index (χ1) is 5.84. The molecule has 0 aliphatic heterocycles. The van der Waals surface area contributed by atoms with Gasteiger partial charge in [0.2, 0.25) is 0 Å². The van der Waals surface area contributed by atoms with Crippen LogP contribution in [0.4, 0.5) is 0 Å². The summed E-state index contributed by atoms with van der Waals surface area (Å²) in [5.41, 5.74) is 0.120. The molecular weight excluding hydrogens is 160 g/mol. The lowest BCUT2D eigenvalue weighted by atomic mass is 9.73. The smallest absolute Gasteiger partial charge is 0.139 e. The summed E-state index contributed by atoms with van der Waals surface area (Å²) in [5, 5.41) is 0. The second kappa shape index (κ2) is 4.78. The van der Waals surface area contributed by atoms with Crippen LogP contribution in [0.25, 0.3) is 0 Å². The highest BCUT2D eigenvalue weighted by atomic mass is 16.1. The molecule has 0 aliphatic rings. The lowest BCUT2D eigenvalue weighted by Gasteiger charge is -2.30. The maximum absolute atomic E-state index is 12.0. The molecule has 0 heterocycles. The van der Waals surface area contributed by atoms with Crippen molar-refractivity contribution >= 4 is 5.78 Å². The first kappa shape index (κ1) is 12.7. The number of hydrogen-bond donors (Lipinski definition) is 0. The number of hydrogen-bond acceptors (Lipinski definition) is 1. The molecule has 1 heteroatoms. The molecule has 0 fully saturated rings. The molecule has 0 bridgehead atoms. The molecule has 0 aromatic rings. The molecule has 13 heavy (non-hydrogen) atoms. The van der Waals surface area contributed by atoms with E-state index in [4.69, 9.17) is 0 Å². The van der Waals surface area contributed by atoms with E-state index in [1.807, 2.05) is 6.92 Å². The number of ketones is 1. The molecule has 0 saturated heterocycles. The van der Waals surface area contributed by atoms with Crippen LogP contribution in [0.15, 0.2) is 0 Å². The van der Waals surface area contributed by atoms with Crippen molar-refractivity contribution in [2.75, 3.05) is 0 Å². The zero-order chi connectivity index (χ0) is 10.6. The first-order valence-electron chi connectivity index (χ1n) is 5.38. The Bertz CT molecular complexity index is 164. The fourth-order valence-electron chi connectivity index (χ4n) is 1.78. The third kappa shape index (κ3) is 3.50. The van der Waals surface area contributed by atoms with E-state index in [9.17, 15) is 4.79 Å². The van der Waals surface area contributed by atoms with Crippen molar-refractivity contribution in [1.82, 2.24) is 0 Å². The Hall–Kier alpha value is -0.330. The summed E-state index contributed by atoms with van der Waals surface area (Å²) in [4.78, 5) is 12.0. The third-order valence-electron chi connectivity index (χ3n) is 2.90. The molecule has 0 N–H and O–H groups in total. The fourth-order valence-corrected chi connectivity index (χ4v) is 1.78. The number of rotatable bonds is 4. The SMILES string of the molecule is CCC(C)C(=O)C(CC)C(C)(C)C. The van der Waals surface area contributed by atoms with Crippen LogP contribution in [0.3, 0.4) is 0 Å². The lowest BCUT2D eigenvalue weighted by molar-refractivity contribution is -0.129. The Balaban J connectivity index is 4.51. The molecule has 0 rings (SSSR count). The summed E-state index contributed by atoms with van der Waals surface area (Å²) >= 11 is 0. The Kier molecular flexibility index (Phi) is 4.66. The Morgan fingerprint density at radius 1 is 1.15 bits per heavy atom. The highest BCUT2D eigenvalue weighted by Crippen LogP contribution is 2.31. The van der Waals surface area contributed by atoms with Crippen LogP contribution in [-0.2, 0) is 4.79 Å². The predicted octanol–water partition coefficient (Wildman–Crippen LogP) is 3.67. The van der Waals surface area contributed by atoms with Gasteiger partial charge in [-0.25, -0.2) is 0 Å². The standard InChI is InChI=1S/C12H24O/c1-7-9(3)11(13)10(8-2)12(4,5)6/h9-10H,7-8H2,1-6H3. The minimum atomic E-state index is 0.120. The van der Waals surface area contributed by atoms with Gasteiger partial charge in [0.25, 0.3) is 0 Å². The summed E-state index contributed by atoms with van der Waals surface area (Å²) in [6.07, 6.45) is 1.93. The van der Waals surface area contributed by atoms with Crippen molar-refractivity contribution in [2.24, 2.45) is 17.3 Å². The van der Waals surface area contributed by atoms with E-state index in [0.717, 1.165) is 12.8 Å². The lowest BCUT2D eigenvalue weighted by Crippen LogP contribution is -2.31. The Morgan fingerprint density at radius 3 is 1.85 bits per heavy atom. The van der Waals surface area contributed by atoms with E-state index in [-0.39, 0.29) is 17.3 Å². The van der Waals surface area contributed by atoms with Gasteiger partial charge in [-0.3, -0.25) is 4.79 Å². The van der Waals surface area contributed by atoms with Crippen molar-refractivity contribution in [1.29, 1.82) is 0 Å². The van der Waals surface area contributed by atoms with Crippen molar-refractivity contribution in [3.05, 3.63) is 0 Å². The van der Waals surface area contributed by atoms with Crippen LogP contribution in [0.2, 0.25) is 0 Å². The third-order valence-corrected chi connectivity index (χ3v) is 2.90. The van der Waals surface area contributed by atoms with E-state index < -0.39 is 0 Å². The summed E-state index contributed by atoms with van der Waals surface area (Å²) in [6.45, 7) is 12.7.